The number of likely N-dealkylation sites (tertiary alicyclic amines) is 1. The van der Waals surface area contributed by atoms with Crippen molar-refractivity contribution in [2.75, 3.05) is 45.0 Å². The molecule has 1 unspecified atom stereocenters. The fourth-order valence-electron chi connectivity index (χ4n) is 3.26. The monoisotopic (exact) mass is 444 g/mol. The van der Waals surface area contributed by atoms with E-state index in [1.165, 1.54) is 0 Å². The van der Waals surface area contributed by atoms with Gasteiger partial charge >= 0.3 is 6.09 Å². The smallest absolute Gasteiger partial charge is 0.410 e. The number of nitrogens with zero attached hydrogens (tertiary/aromatic N) is 3. The maximum absolute atomic E-state index is 12.4. The molecule has 1 fully saturated rings. The highest BCUT2D eigenvalue weighted by Gasteiger charge is 2.27. The van der Waals surface area contributed by atoms with Crippen LogP contribution < -0.4 is 5.32 Å². The van der Waals surface area contributed by atoms with Crippen LogP contribution in [-0.4, -0.2) is 81.4 Å². The van der Waals surface area contributed by atoms with Gasteiger partial charge in [-0.1, -0.05) is 0 Å². The summed E-state index contributed by atoms with van der Waals surface area (Å²) in [7, 11) is -0.891. The average Bonchev–Trinajstić information content (AvgIpc) is 2.63. The molecule has 176 valence electrons. The lowest BCUT2D eigenvalue weighted by Gasteiger charge is -2.36. The minimum absolute atomic E-state index is 0.203. The summed E-state index contributed by atoms with van der Waals surface area (Å²) >= 11 is 0. The Morgan fingerprint density at radius 2 is 1.77 bits per heavy atom. The molecule has 0 aromatic heterocycles. The molecule has 30 heavy (non-hydrogen) atoms. The first-order chi connectivity index (χ1) is 13.9. The van der Waals surface area contributed by atoms with Gasteiger partial charge in [0.1, 0.15) is 5.60 Å². The van der Waals surface area contributed by atoms with E-state index in [1.54, 1.807) is 0 Å². The van der Waals surface area contributed by atoms with Crippen molar-refractivity contribution >= 4 is 22.9 Å². The summed E-state index contributed by atoms with van der Waals surface area (Å²) in [5, 5.41) is 3.37. The first-order valence-corrected chi connectivity index (χ1v) is 12.6. The molecule has 1 rings (SSSR count). The van der Waals surface area contributed by atoms with Crippen molar-refractivity contribution in [2.45, 2.75) is 78.6 Å². The number of piperidine rings is 1. The molecule has 1 atom stereocenters. The molecule has 0 aliphatic carbocycles. The lowest BCUT2D eigenvalue weighted by atomic mass is 9.96. The molecule has 1 N–H and O–H groups in total. The first-order valence-electron chi connectivity index (χ1n) is 11.3. The van der Waals surface area contributed by atoms with Crippen molar-refractivity contribution in [1.29, 1.82) is 0 Å². The van der Waals surface area contributed by atoms with Crippen LogP contribution in [-0.2, 0) is 15.5 Å². The van der Waals surface area contributed by atoms with Gasteiger partial charge in [0.15, 0.2) is 5.96 Å². The highest BCUT2D eigenvalue weighted by molar-refractivity contribution is 7.86. The third-order valence-corrected chi connectivity index (χ3v) is 6.90. The summed E-state index contributed by atoms with van der Waals surface area (Å²) in [6.45, 7) is 20.3. The fraction of sp³-hybridized carbons (Fsp3) is 0.909. The number of hydrogen-bond acceptors (Lipinski definition) is 4. The predicted molar refractivity (Wildman–Crippen MR) is 127 cm³/mol. The van der Waals surface area contributed by atoms with Gasteiger partial charge in [-0.25, -0.2) is 4.79 Å². The molecule has 0 spiro atoms. The Morgan fingerprint density at radius 1 is 1.17 bits per heavy atom. The molecule has 1 saturated heterocycles. The van der Waals surface area contributed by atoms with Gasteiger partial charge in [-0.15, -0.1) is 0 Å². The van der Waals surface area contributed by atoms with Gasteiger partial charge in [-0.05, 0) is 74.1 Å². The van der Waals surface area contributed by atoms with Gasteiger partial charge in [0, 0.05) is 54.0 Å². The molecule has 0 radical (unpaired) electrons. The van der Waals surface area contributed by atoms with Gasteiger partial charge in [-0.3, -0.25) is 9.20 Å². The Balaban J connectivity index is 2.59. The quantitative estimate of drug-likeness (QED) is 0.481. The number of carbonyl (C=O) groups excluding carboxylic acids is 1. The molecular formula is C22H44N4O3S. The number of carbonyl (C=O) groups is 1. The van der Waals surface area contributed by atoms with Gasteiger partial charge in [-0.2, -0.15) is 0 Å². The summed E-state index contributed by atoms with van der Waals surface area (Å²) in [5.74, 6) is 1.95. The number of guanidine groups is 1. The van der Waals surface area contributed by atoms with E-state index in [1.807, 2.05) is 53.4 Å². The highest BCUT2D eigenvalue weighted by atomic mass is 32.2. The highest BCUT2D eigenvalue weighted by Crippen LogP contribution is 2.20. The molecule has 1 amide bonds. The fourth-order valence-corrected chi connectivity index (χ4v) is 4.13. The topological polar surface area (TPSA) is 74.2 Å². The van der Waals surface area contributed by atoms with Crippen molar-refractivity contribution in [2.24, 2.45) is 10.9 Å². The van der Waals surface area contributed by atoms with Crippen molar-refractivity contribution < 1.29 is 13.7 Å². The molecule has 0 aromatic rings. The minimum atomic E-state index is -0.891. The van der Waals surface area contributed by atoms with Crippen LogP contribution in [0.4, 0.5) is 4.79 Å². The van der Waals surface area contributed by atoms with E-state index in [2.05, 4.69) is 17.1 Å². The summed E-state index contributed by atoms with van der Waals surface area (Å²) in [6.07, 6.45) is 1.80. The Morgan fingerprint density at radius 3 is 2.23 bits per heavy atom. The Bertz CT molecular complexity index is 588. The molecule has 1 aliphatic heterocycles. The van der Waals surface area contributed by atoms with Gasteiger partial charge in [0.2, 0.25) is 0 Å². The van der Waals surface area contributed by atoms with Crippen molar-refractivity contribution in [3.8, 4) is 0 Å². The van der Waals surface area contributed by atoms with Crippen LogP contribution in [0.15, 0.2) is 4.99 Å². The van der Waals surface area contributed by atoms with Gasteiger partial charge in [0.25, 0.3) is 0 Å². The lowest BCUT2D eigenvalue weighted by Crippen LogP contribution is -2.48. The van der Waals surface area contributed by atoms with Crippen LogP contribution in [0.3, 0.4) is 0 Å². The van der Waals surface area contributed by atoms with Gasteiger partial charge in [0.05, 0.1) is 6.54 Å². The molecule has 0 bridgehead atoms. The maximum atomic E-state index is 12.4. The van der Waals surface area contributed by atoms with E-state index >= 15 is 0 Å². The third-order valence-electron chi connectivity index (χ3n) is 4.98. The number of nitrogens with one attached hydrogen (secondary N) is 1. The Labute approximate surface area is 186 Å². The van der Waals surface area contributed by atoms with Gasteiger partial charge < -0.3 is 19.9 Å². The number of amides is 1. The zero-order valence-corrected chi connectivity index (χ0v) is 21.2. The SMILES string of the molecule is CCNC(=NCCS(=O)C(C)(C)C)N1CCC(CN(CC)C(=O)OC(C)(C)C)CC1. The second-order valence-electron chi connectivity index (χ2n) is 9.85. The van der Waals surface area contributed by atoms with Crippen molar-refractivity contribution in [1.82, 2.24) is 15.1 Å². The summed E-state index contributed by atoms with van der Waals surface area (Å²) in [5.41, 5.74) is -0.471. The predicted octanol–water partition coefficient (Wildman–Crippen LogP) is 3.47. The van der Waals surface area contributed by atoms with Crippen LogP contribution >= 0.6 is 0 Å². The second kappa shape index (κ2) is 11.9. The first kappa shape index (κ1) is 26.7. The van der Waals surface area contributed by atoms with Crippen LogP contribution in [0.25, 0.3) is 0 Å². The lowest BCUT2D eigenvalue weighted by molar-refractivity contribution is 0.0214. The largest absolute Gasteiger partial charge is 0.444 e. The summed E-state index contributed by atoms with van der Waals surface area (Å²) < 4.78 is 17.6. The Kier molecular flexibility index (Phi) is 10.6. The normalized spacial score (nSPS) is 17.6. The van der Waals surface area contributed by atoms with E-state index in [0.717, 1.165) is 45.0 Å². The third kappa shape index (κ3) is 9.67. The van der Waals surface area contributed by atoms with E-state index in [-0.39, 0.29) is 10.8 Å². The van der Waals surface area contributed by atoms with Crippen LogP contribution in [0.2, 0.25) is 0 Å². The van der Waals surface area contributed by atoms with Crippen LogP contribution in [0.1, 0.15) is 68.2 Å². The number of ether oxygens (including phenoxy) is 1. The molecule has 1 heterocycles. The summed E-state index contributed by atoms with van der Waals surface area (Å²) in [6, 6.07) is 0. The van der Waals surface area contributed by atoms with E-state index in [9.17, 15) is 9.00 Å². The zero-order chi connectivity index (χ0) is 22.9. The molecule has 1 aliphatic rings. The van der Waals surface area contributed by atoms with Crippen molar-refractivity contribution in [3.63, 3.8) is 0 Å². The average molecular weight is 445 g/mol. The standard InChI is InChI=1S/C22H44N4O3S/c1-9-23-19(24-13-16-30(28)22(6,7)8)26-14-11-18(12-15-26)17-25(10-2)20(27)29-21(3,4)5/h18H,9-17H2,1-8H3,(H,23,24). The minimum Gasteiger partial charge on any atom is -0.444 e. The van der Waals surface area contributed by atoms with Crippen LogP contribution in [0, 0.1) is 5.92 Å². The maximum Gasteiger partial charge on any atom is 0.410 e. The van der Waals surface area contributed by atoms with Crippen LogP contribution in [0.5, 0.6) is 0 Å². The molecule has 8 heteroatoms. The zero-order valence-electron chi connectivity index (χ0n) is 20.4. The van der Waals surface area contributed by atoms with Crippen molar-refractivity contribution in [3.05, 3.63) is 0 Å². The molecule has 0 saturated carbocycles. The number of hydrogen-bond donors (Lipinski definition) is 1. The molecular weight excluding hydrogens is 400 g/mol. The van der Waals surface area contributed by atoms with E-state index < -0.39 is 16.4 Å². The number of aliphatic imine (C=N–C) groups is 1. The Hall–Kier alpha value is -1.31. The number of rotatable bonds is 7. The molecule has 7 nitrogen and oxygen atoms in total. The molecule has 0 aromatic carbocycles. The summed E-state index contributed by atoms with van der Waals surface area (Å²) in [4.78, 5) is 21.2. The van der Waals surface area contributed by atoms with E-state index in [4.69, 9.17) is 9.73 Å². The van der Waals surface area contributed by atoms with E-state index in [0.29, 0.717) is 24.8 Å². The second-order valence-corrected chi connectivity index (χ2v) is 12.2.